The van der Waals surface area contributed by atoms with Crippen molar-refractivity contribution in [1.29, 1.82) is 0 Å². The number of halogens is 3. The molecule has 1 amide bonds. The van der Waals surface area contributed by atoms with Crippen molar-refractivity contribution in [1.82, 2.24) is 19.7 Å². The van der Waals surface area contributed by atoms with Gasteiger partial charge in [-0.05, 0) is 30.3 Å². The Labute approximate surface area is 192 Å². The second-order valence-electron chi connectivity index (χ2n) is 7.37. The van der Waals surface area contributed by atoms with E-state index >= 15 is 0 Å². The number of hydrogen-bond donors (Lipinski definition) is 1. The van der Waals surface area contributed by atoms with Crippen LogP contribution in [0.4, 0.5) is 18.9 Å². The Bertz CT molecular complexity index is 1090. The van der Waals surface area contributed by atoms with Gasteiger partial charge in [-0.15, -0.1) is 10.2 Å². The summed E-state index contributed by atoms with van der Waals surface area (Å²) in [6.07, 6.45) is -4.47. The van der Waals surface area contributed by atoms with Crippen LogP contribution in [0.15, 0.2) is 59.8 Å². The third-order valence-corrected chi connectivity index (χ3v) is 5.92. The van der Waals surface area contributed by atoms with Gasteiger partial charge in [0.05, 0.1) is 31.1 Å². The molecule has 2 heterocycles. The van der Waals surface area contributed by atoms with Crippen molar-refractivity contribution in [3.05, 3.63) is 66.0 Å². The average molecular weight is 478 g/mol. The van der Waals surface area contributed by atoms with Gasteiger partial charge in [0.2, 0.25) is 5.91 Å². The number of nitrogens with one attached hydrogen (secondary N) is 1. The van der Waals surface area contributed by atoms with Crippen LogP contribution in [0.3, 0.4) is 0 Å². The highest BCUT2D eigenvalue weighted by atomic mass is 32.2. The predicted octanol–water partition coefficient (Wildman–Crippen LogP) is 3.85. The fourth-order valence-electron chi connectivity index (χ4n) is 3.39. The lowest BCUT2D eigenvalue weighted by molar-refractivity contribution is -0.137. The molecular formula is C22H22F3N5O2S. The van der Waals surface area contributed by atoms with E-state index < -0.39 is 17.6 Å². The van der Waals surface area contributed by atoms with E-state index in [2.05, 4.69) is 20.4 Å². The lowest BCUT2D eigenvalue weighted by Gasteiger charge is -2.26. The van der Waals surface area contributed by atoms with Crippen molar-refractivity contribution in [3.8, 4) is 5.69 Å². The Morgan fingerprint density at radius 1 is 1.06 bits per heavy atom. The Balaban J connectivity index is 1.47. The summed E-state index contributed by atoms with van der Waals surface area (Å²) in [7, 11) is 0. The standard InChI is InChI=1S/C22H22F3N5O2S/c23-22(24,25)16-5-4-6-17(13-16)26-20(31)15-33-21-28-27-19(14-29-9-11-32-12-10-29)30(21)18-7-2-1-3-8-18/h1-8,13H,9-12,14-15H2,(H,26,31). The number of ether oxygens (including phenoxy) is 1. The molecule has 3 aromatic rings. The summed E-state index contributed by atoms with van der Waals surface area (Å²) in [5.74, 6) is 0.277. The Morgan fingerprint density at radius 3 is 2.55 bits per heavy atom. The summed E-state index contributed by atoms with van der Waals surface area (Å²) < 4.78 is 46.0. The Kier molecular flexibility index (Phi) is 7.31. The van der Waals surface area contributed by atoms with E-state index in [1.54, 1.807) is 0 Å². The molecule has 1 fully saturated rings. The third kappa shape index (κ3) is 6.12. The van der Waals surface area contributed by atoms with Crippen molar-refractivity contribution in [2.45, 2.75) is 17.9 Å². The first-order chi connectivity index (χ1) is 15.9. The molecule has 0 spiro atoms. The maximum Gasteiger partial charge on any atom is 0.416 e. The highest BCUT2D eigenvalue weighted by Crippen LogP contribution is 2.31. The molecule has 0 saturated carbocycles. The Morgan fingerprint density at radius 2 is 1.82 bits per heavy atom. The summed E-state index contributed by atoms with van der Waals surface area (Å²) in [5, 5.41) is 11.7. The van der Waals surface area contributed by atoms with Crippen LogP contribution in [0.5, 0.6) is 0 Å². The minimum atomic E-state index is -4.47. The first-order valence-electron chi connectivity index (χ1n) is 10.3. The molecule has 1 N–H and O–H groups in total. The van der Waals surface area contributed by atoms with E-state index in [1.807, 2.05) is 34.9 Å². The van der Waals surface area contributed by atoms with Crippen molar-refractivity contribution in [3.63, 3.8) is 0 Å². The largest absolute Gasteiger partial charge is 0.416 e. The van der Waals surface area contributed by atoms with E-state index in [9.17, 15) is 18.0 Å². The molecule has 1 aromatic heterocycles. The number of nitrogens with zero attached hydrogens (tertiary/aromatic N) is 4. The molecule has 4 rings (SSSR count). The number of hydrogen-bond acceptors (Lipinski definition) is 6. The molecule has 174 valence electrons. The molecule has 7 nitrogen and oxygen atoms in total. The molecule has 33 heavy (non-hydrogen) atoms. The van der Waals surface area contributed by atoms with Gasteiger partial charge in [0.15, 0.2) is 11.0 Å². The predicted molar refractivity (Wildman–Crippen MR) is 118 cm³/mol. The normalized spacial score (nSPS) is 14.9. The van der Waals surface area contributed by atoms with Gasteiger partial charge < -0.3 is 10.1 Å². The van der Waals surface area contributed by atoms with Crippen molar-refractivity contribution >= 4 is 23.4 Å². The van der Waals surface area contributed by atoms with Crippen LogP contribution in [0.2, 0.25) is 0 Å². The number of rotatable bonds is 7. The van der Waals surface area contributed by atoms with Gasteiger partial charge in [-0.25, -0.2) is 0 Å². The van der Waals surface area contributed by atoms with E-state index in [-0.39, 0.29) is 11.4 Å². The second-order valence-corrected chi connectivity index (χ2v) is 8.32. The summed E-state index contributed by atoms with van der Waals surface area (Å²) in [6.45, 7) is 3.50. The zero-order valence-corrected chi connectivity index (χ0v) is 18.4. The summed E-state index contributed by atoms with van der Waals surface area (Å²) >= 11 is 1.17. The minimum Gasteiger partial charge on any atom is -0.379 e. The summed E-state index contributed by atoms with van der Waals surface area (Å²) in [5.41, 5.74) is 0.143. The van der Waals surface area contributed by atoms with Gasteiger partial charge in [-0.1, -0.05) is 36.0 Å². The number of alkyl halides is 3. The highest BCUT2D eigenvalue weighted by molar-refractivity contribution is 7.99. The lowest BCUT2D eigenvalue weighted by atomic mass is 10.2. The fraction of sp³-hybridized carbons (Fsp3) is 0.318. The van der Waals surface area contributed by atoms with Gasteiger partial charge in [0.25, 0.3) is 0 Å². The van der Waals surface area contributed by atoms with Crippen LogP contribution in [-0.2, 0) is 22.3 Å². The van der Waals surface area contributed by atoms with Crippen molar-refractivity contribution in [2.24, 2.45) is 0 Å². The van der Waals surface area contributed by atoms with Crippen molar-refractivity contribution < 1.29 is 22.7 Å². The molecule has 0 atom stereocenters. The molecule has 0 unspecified atom stereocenters. The molecule has 1 aliphatic rings. The first kappa shape index (κ1) is 23.3. The van der Waals surface area contributed by atoms with Crippen molar-refractivity contribution in [2.75, 3.05) is 37.4 Å². The third-order valence-electron chi connectivity index (χ3n) is 4.99. The summed E-state index contributed by atoms with van der Waals surface area (Å²) in [4.78, 5) is 14.6. The van der Waals surface area contributed by atoms with E-state index in [0.717, 1.165) is 36.7 Å². The van der Waals surface area contributed by atoms with Gasteiger partial charge in [0, 0.05) is 24.5 Å². The number of thioether (sulfide) groups is 1. The Hall–Kier alpha value is -2.89. The minimum absolute atomic E-state index is 0.0290. The number of morpholine rings is 1. The zero-order valence-electron chi connectivity index (χ0n) is 17.6. The second kappa shape index (κ2) is 10.4. The molecule has 11 heteroatoms. The highest BCUT2D eigenvalue weighted by Gasteiger charge is 2.30. The maximum atomic E-state index is 12.9. The smallest absolute Gasteiger partial charge is 0.379 e. The van der Waals surface area contributed by atoms with Gasteiger partial charge in [0.1, 0.15) is 0 Å². The van der Waals surface area contributed by atoms with Crippen LogP contribution in [0.25, 0.3) is 5.69 Å². The number of amides is 1. The number of carbonyl (C=O) groups excluding carboxylic acids is 1. The molecule has 0 bridgehead atoms. The van der Waals surface area contributed by atoms with E-state index in [4.69, 9.17) is 4.74 Å². The monoisotopic (exact) mass is 477 g/mol. The zero-order chi connectivity index (χ0) is 23.3. The van der Waals surface area contributed by atoms with Gasteiger partial charge in [-0.3, -0.25) is 14.3 Å². The van der Waals surface area contributed by atoms with Gasteiger partial charge >= 0.3 is 6.18 Å². The molecule has 1 saturated heterocycles. The lowest BCUT2D eigenvalue weighted by Crippen LogP contribution is -2.36. The maximum absolute atomic E-state index is 12.9. The van der Waals surface area contributed by atoms with Crippen LogP contribution in [0, 0.1) is 0 Å². The average Bonchev–Trinajstić information content (AvgIpc) is 3.21. The number of anilines is 1. The number of benzene rings is 2. The van der Waals surface area contributed by atoms with E-state index in [1.165, 1.54) is 23.9 Å². The number of carbonyl (C=O) groups is 1. The number of para-hydroxylation sites is 1. The quantitative estimate of drug-likeness (QED) is 0.522. The number of aromatic nitrogens is 3. The molecular weight excluding hydrogens is 455 g/mol. The molecule has 0 aliphatic carbocycles. The fourth-order valence-corrected chi connectivity index (χ4v) is 4.16. The molecule has 2 aromatic carbocycles. The van der Waals surface area contributed by atoms with Crippen LogP contribution < -0.4 is 5.32 Å². The topological polar surface area (TPSA) is 72.3 Å². The van der Waals surface area contributed by atoms with Crippen LogP contribution >= 0.6 is 11.8 Å². The van der Waals surface area contributed by atoms with E-state index in [0.29, 0.717) is 24.9 Å². The van der Waals surface area contributed by atoms with Crippen LogP contribution in [-0.4, -0.2) is 57.6 Å². The first-order valence-corrected chi connectivity index (χ1v) is 11.3. The molecule has 1 aliphatic heterocycles. The van der Waals surface area contributed by atoms with Crippen LogP contribution in [0.1, 0.15) is 11.4 Å². The summed E-state index contributed by atoms with van der Waals surface area (Å²) in [6, 6.07) is 14.1. The SMILES string of the molecule is O=C(CSc1nnc(CN2CCOCC2)n1-c1ccccc1)Nc1cccc(C(F)(F)F)c1. The molecule has 0 radical (unpaired) electrons. The van der Waals surface area contributed by atoms with Gasteiger partial charge in [-0.2, -0.15) is 13.2 Å².